The minimum atomic E-state index is -0.131. The number of hydrogen-bond acceptors (Lipinski definition) is 3. The van der Waals surface area contributed by atoms with Crippen LogP contribution < -0.4 is 10.6 Å². The van der Waals surface area contributed by atoms with Gasteiger partial charge in [0.25, 0.3) is 0 Å². The fraction of sp³-hybridized carbons (Fsp3) is 0.158. The summed E-state index contributed by atoms with van der Waals surface area (Å²) in [6, 6.07) is 12.9. The van der Waals surface area contributed by atoms with Gasteiger partial charge in [0.2, 0.25) is 11.8 Å². The third-order valence-electron chi connectivity index (χ3n) is 3.65. The maximum atomic E-state index is 12.2. The van der Waals surface area contributed by atoms with Gasteiger partial charge in [-0.3, -0.25) is 9.59 Å². The maximum absolute atomic E-state index is 12.2. The Bertz CT molecular complexity index is 895. The number of carbonyl (C=O) groups excluding carboxylic acids is 2. The van der Waals surface area contributed by atoms with Gasteiger partial charge in [-0.2, -0.15) is 0 Å². The van der Waals surface area contributed by atoms with E-state index in [1.54, 1.807) is 30.5 Å². The lowest BCUT2D eigenvalue weighted by Gasteiger charge is -2.06. The number of fused-ring (bicyclic) bond motifs is 1. The summed E-state index contributed by atoms with van der Waals surface area (Å²) in [5, 5.41) is 6.48. The molecule has 0 aliphatic carbocycles. The molecule has 0 atom stereocenters. The quantitative estimate of drug-likeness (QED) is 0.765. The number of anilines is 2. The normalized spacial score (nSPS) is 10.6. The Morgan fingerprint density at radius 1 is 1.00 bits per heavy atom. The third-order valence-corrected chi connectivity index (χ3v) is 3.65. The molecule has 5 nitrogen and oxygen atoms in total. The summed E-state index contributed by atoms with van der Waals surface area (Å²) >= 11 is 0. The van der Waals surface area contributed by atoms with Gasteiger partial charge in [0, 0.05) is 29.2 Å². The molecule has 0 spiro atoms. The molecule has 0 saturated heterocycles. The lowest BCUT2D eigenvalue weighted by atomic mass is 10.1. The monoisotopic (exact) mass is 322 g/mol. The van der Waals surface area contributed by atoms with Crippen molar-refractivity contribution in [3.05, 3.63) is 59.9 Å². The highest BCUT2D eigenvalue weighted by Gasteiger charge is 2.11. The first-order valence-electron chi connectivity index (χ1n) is 7.65. The van der Waals surface area contributed by atoms with Gasteiger partial charge < -0.3 is 15.1 Å². The smallest absolute Gasteiger partial charge is 0.228 e. The topological polar surface area (TPSA) is 71.3 Å². The predicted octanol–water partition coefficient (Wildman–Crippen LogP) is 3.88. The highest BCUT2D eigenvalue weighted by molar-refractivity contribution is 5.96. The van der Waals surface area contributed by atoms with Crippen LogP contribution in [0.2, 0.25) is 0 Å². The first-order valence-corrected chi connectivity index (χ1v) is 7.65. The second kappa shape index (κ2) is 6.58. The molecule has 2 aromatic carbocycles. The second-order valence-corrected chi connectivity index (χ2v) is 5.74. The Balaban J connectivity index is 1.67. The first-order chi connectivity index (χ1) is 11.5. The third kappa shape index (κ3) is 3.63. The Morgan fingerprint density at radius 3 is 2.33 bits per heavy atom. The number of nitrogens with one attached hydrogen (secondary N) is 2. The molecule has 3 aromatic rings. The van der Waals surface area contributed by atoms with Gasteiger partial charge in [0.05, 0.1) is 12.7 Å². The highest BCUT2D eigenvalue weighted by Crippen LogP contribution is 2.23. The summed E-state index contributed by atoms with van der Waals surface area (Å²) in [6.45, 7) is 3.45. The summed E-state index contributed by atoms with van der Waals surface area (Å²) < 4.78 is 5.51. The van der Waals surface area contributed by atoms with Crippen molar-refractivity contribution in [1.82, 2.24) is 0 Å². The number of hydrogen-bond donors (Lipinski definition) is 2. The van der Waals surface area contributed by atoms with Crippen molar-refractivity contribution in [3.63, 3.8) is 0 Å². The van der Waals surface area contributed by atoms with Crippen molar-refractivity contribution < 1.29 is 14.0 Å². The van der Waals surface area contributed by atoms with Crippen LogP contribution in [0.3, 0.4) is 0 Å². The fourth-order valence-electron chi connectivity index (χ4n) is 2.55. The molecule has 0 unspecified atom stereocenters. The van der Waals surface area contributed by atoms with Gasteiger partial charge in [0.15, 0.2) is 0 Å². The minimum Gasteiger partial charge on any atom is -0.464 e. The zero-order valence-electron chi connectivity index (χ0n) is 13.6. The zero-order valence-corrected chi connectivity index (χ0v) is 13.6. The van der Waals surface area contributed by atoms with Crippen LogP contribution in [0.4, 0.5) is 11.4 Å². The summed E-state index contributed by atoms with van der Waals surface area (Å²) in [4.78, 5) is 23.2. The standard InChI is InChI=1S/C19H18N2O3/c1-12-3-8-17-14(11-24-18(17)9-12)10-19(23)21-16-6-4-15(5-7-16)20-13(2)22/h3-9,11H,10H2,1-2H3,(H,20,22)(H,21,23). The second-order valence-electron chi connectivity index (χ2n) is 5.74. The number of benzene rings is 2. The van der Waals surface area contributed by atoms with Gasteiger partial charge >= 0.3 is 0 Å². The summed E-state index contributed by atoms with van der Waals surface area (Å²) in [5.74, 6) is -0.251. The molecule has 0 bridgehead atoms. The van der Waals surface area contributed by atoms with Crippen molar-refractivity contribution in [1.29, 1.82) is 0 Å². The molecule has 0 aliphatic heterocycles. The van der Waals surface area contributed by atoms with Crippen LogP contribution in [0.25, 0.3) is 11.0 Å². The molecule has 5 heteroatoms. The molecule has 0 fully saturated rings. The van der Waals surface area contributed by atoms with E-state index in [1.807, 2.05) is 25.1 Å². The van der Waals surface area contributed by atoms with Crippen molar-refractivity contribution in [2.45, 2.75) is 20.3 Å². The van der Waals surface area contributed by atoms with Crippen LogP contribution in [0.1, 0.15) is 18.1 Å². The van der Waals surface area contributed by atoms with Crippen molar-refractivity contribution in [2.24, 2.45) is 0 Å². The molecule has 1 heterocycles. The largest absolute Gasteiger partial charge is 0.464 e. The van der Waals surface area contributed by atoms with E-state index in [0.29, 0.717) is 11.4 Å². The SMILES string of the molecule is CC(=O)Nc1ccc(NC(=O)Cc2coc3cc(C)ccc23)cc1. The van der Waals surface area contributed by atoms with Crippen molar-refractivity contribution >= 4 is 34.2 Å². The fourth-order valence-corrected chi connectivity index (χ4v) is 2.55. The average Bonchev–Trinajstić information content (AvgIpc) is 2.90. The van der Waals surface area contributed by atoms with Crippen LogP contribution in [0.15, 0.2) is 53.1 Å². The summed E-state index contributed by atoms with van der Waals surface area (Å²) in [5.41, 5.74) is 4.14. The van der Waals surface area contributed by atoms with Gasteiger partial charge in [-0.05, 0) is 42.8 Å². The van der Waals surface area contributed by atoms with Gasteiger partial charge in [-0.25, -0.2) is 0 Å². The number of carbonyl (C=O) groups is 2. The lowest BCUT2D eigenvalue weighted by Crippen LogP contribution is -2.14. The van der Waals surface area contributed by atoms with Crippen LogP contribution in [0.5, 0.6) is 0 Å². The predicted molar refractivity (Wildman–Crippen MR) is 94.0 cm³/mol. The van der Waals surface area contributed by atoms with E-state index in [1.165, 1.54) is 6.92 Å². The molecule has 122 valence electrons. The number of aryl methyl sites for hydroxylation is 1. The number of rotatable bonds is 4. The lowest BCUT2D eigenvalue weighted by molar-refractivity contribution is -0.116. The van der Waals surface area contributed by atoms with Crippen LogP contribution in [-0.2, 0) is 16.0 Å². The highest BCUT2D eigenvalue weighted by atomic mass is 16.3. The Kier molecular flexibility index (Phi) is 4.33. The Hall–Kier alpha value is -3.08. The molecule has 2 N–H and O–H groups in total. The Morgan fingerprint density at radius 2 is 1.67 bits per heavy atom. The Labute approximate surface area is 139 Å². The molecule has 0 aliphatic rings. The first kappa shape index (κ1) is 15.8. The van der Waals surface area contributed by atoms with Crippen LogP contribution in [-0.4, -0.2) is 11.8 Å². The van der Waals surface area contributed by atoms with E-state index >= 15 is 0 Å². The van der Waals surface area contributed by atoms with Crippen molar-refractivity contribution in [3.8, 4) is 0 Å². The van der Waals surface area contributed by atoms with Crippen LogP contribution >= 0.6 is 0 Å². The van der Waals surface area contributed by atoms with E-state index in [-0.39, 0.29) is 18.2 Å². The van der Waals surface area contributed by atoms with Crippen molar-refractivity contribution in [2.75, 3.05) is 10.6 Å². The average molecular weight is 322 g/mol. The number of furan rings is 1. The minimum absolute atomic E-state index is 0.120. The molecule has 0 radical (unpaired) electrons. The molecule has 3 rings (SSSR count). The van der Waals surface area contributed by atoms with E-state index in [2.05, 4.69) is 10.6 Å². The van der Waals surface area contributed by atoms with E-state index in [9.17, 15) is 9.59 Å². The van der Waals surface area contributed by atoms with Gasteiger partial charge in [-0.1, -0.05) is 12.1 Å². The molecule has 24 heavy (non-hydrogen) atoms. The van der Waals surface area contributed by atoms with Gasteiger partial charge in [-0.15, -0.1) is 0 Å². The van der Waals surface area contributed by atoms with E-state index in [0.717, 1.165) is 22.1 Å². The summed E-state index contributed by atoms with van der Waals surface area (Å²) in [6.07, 6.45) is 1.87. The maximum Gasteiger partial charge on any atom is 0.228 e. The van der Waals surface area contributed by atoms with E-state index in [4.69, 9.17) is 4.42 Å². The van der Waals surface area contributed by atoms with Crippen LogP contribution in [0, 0.1) is 6.92 Å². The molecule has 1 aromatic heterocycles. The van der Waals surface area contributed by atoms with E-state index < -0.39 is 0 Å². The summed E-state index contributed by atoms with van der Waals surface area (Å²) in [7, 11) is 0. The molecule has 0 saturated carbocycles. The number of amides is 2. The molecule has 2 amide bonds. The van der Waals surface area contributed by atoms with Gasteiger partial charge in [0.1, 0.15) is 5.58 Å². The molecular formula is C19H18N2O3. The molecular weight excluding hydrogens is 304 g/mol. The zero-order chi connectivity index (χ0) is 17.1.